The van der Waals surface area contributed by atoms with Crippen molar-refractivity contribution in [2.45, 2.75) is 0 Å². The van der Waals surface area contributed by atoms with Gasteiger partial charge in [0.1, 0.15) is 0 Å². The van der Waals surface area contributed by atoms with Crippen molar-refractivity contribution >= 4 is 77.2 Å². The molecule has 0 spiro atoms. The van der Waals surface area contributed by atoms with Crippen LogP contribution in [0.15, 0.2) is 176 Å². The van der Waals surface area contributed by atoms with Crippen LogP contribution in [0.3, 0.4) is 0 Å². The maximum absolute atomic E-state index is 16.3. The van der Waals surface area contributed by atoms with E-state index in [4.69, 9.17) is 9.97 Å². The lowest BCUT2D eigenvalue weighted by atomic mass is 9.87. The first-order chi connectivity index (χ1) is 24.7. The van der Waals surface area contributed by atoms with Crippen molar-refractivity contribution in [3.05, 3.63) is 176 Å². The number of nitrogens with zero attached hydrogens (tertiary/aromatic N) is 2. The van der Waals surface area contributed by atoms with Gasteiger partial charge in [-0.1, -0.05) is 152 Å². The molecule has 0 unspecified atom stereocenters. The van der Waals surface area contributed by atoms with Gasteiger partial charge in [-0.3, -0.25) is 0 Å². The van der Waals surface area contributed by atoms with Crippen molar-refractivity contribution in [1.29, 1.82) is 0 Å². The Labute approximate surface area is 289 Å². The Morgan fingerprint density at radius 2 is 0.920 bits per heavy atom. The molecule has 0 atom stereocenters. The zero-order valence-corrected chi connectivity index (χ0v) is 27.9. The van der Waals surface area contributed by atoms with Gasteiger partial charge in [-0.2, -0.15) is 0 Å². The van der Waals surface area contributed by atoms with Crippen LogP contribution in [0.1, 0.15) is 0 Å². The number of aromatic nitrogens is 2. The lowest BCUT2D eigenvalue weighted by molar-refractivity contribution is 0.592. The van der Waals surface area contributed by atoms with Gasteiger partial charge in [-0.15, -0.1) is 0 Å². The third-order valence-corrected chi connectivity index (χ3v) is 13.2. The molecule has 1 aromatic heterocycles. The summed E-state index contributed by atoms with van der Waals surface area (Å²) in [6, 6.07) is 60.3. The van der Waals surface area contributed by atoms with E-state index in [2.05, 4.69) is 84.9 Å². The van der Waals surface area contributed by atoms with Gasteiger partial charge in [0.05, 0.1) is 11.0 Å². The molecule has 3 nitrogen and oxygen atoms in total. The number of hydrogen-bond acceptors (Lipinski definition) is 3. The van der Waals surface area contributed by atoms with E-state index in [0.717, 1.165) is 76.0 Å². The highest BCUT2D eigenvalue weighted by Gasteiger charge is 2.33. The van der Waals surface area contributed by atoms with Gasteiger partial charge in [0.15, 0.2) is 13.0 Å². The van der Waals surface area contributed by atoms with Crippen LogP contribution in [0.4, 0.5) is 0 Å². The fraction of sp³-hybridized carbons (Fsp3) is 0. The van der Waals surface area contributed by atoms with Crippen LogP contribution in [-0.4, -0.2) is 9.97 Å². The topological polar surface area (TPSA) is 42.9 Å². The van der Waals surface area contributed by atoms with Gasteiger partial charge in [0.25, 0.3) is 0 Å². The number of benzene rings is 9. The second-order valence-electron chi connectivity index (χ2n) is 12.8. The van der Waals surface area contributed by atoms with E-state index in [-0.39, 0.29) is 0 Å². The number of rotatable bonds is 5. The molecule has 50 heavy (non-hydrogen) atoms. The smallest absolute Gasteiger partial charge is 0.171 e. The molecule has 10 rings (SSSR count). The Hall–Kier alpha value is -6.15. The van der Waals surface area contributed by atoms with E-state index < -0.39 is 7.14 Å². The van der Waals surface area contributed by atoms with Gasteiger partial charge in [0, 0.05) is 32.2 Å². The number of fused-ring (bicyclic) bond motifs is 2. The van der Waals surface area contributed by atoms with Gasteiger partial charge in [-0.25, -0.2) is 9.97 Å². The van der Waals surface area contributed by atoms with E-state index in [9.17, 15) is 0 Å². The quantitative estimate of drug-likeness (QED) is 0.105. The van der Waals surface area contributed by atoms with Crippen molar-refractivity contribution in [3.63, 3.8) is 0 Å². The Kier molecular flexibility index (Phi) is 6.46. The zero-order valence-electron chi connectivity index (χ0n) is 27.0. The predicted octanol–water partition coefficient (Wildman–Crippen LogP) is 10.7. The van der Waals surface area contributed by atoms with Crippen LogP contribution in [0.25, 0.3) is 76.6 Å². The van der Waals surface area contributed by atoms with E-state index in [1.54, 1.807) is 0 Å². The van der Waals surface area contributed by atoms with Crippen LogP contribution in [0.2, 0.25) is 0 Å². The molecule has 10 aromatic rings. The molecule has 0 aliphatic rings. The first-order valence-electron chi connectivity index (χ1n) is 16.9. The predicted molar refractivity (Wildman–Crippen MR) is 211 cm³/mol. The summed E-state index contributed by atoms with van der Waals surface area (Å²) in [5.74, 6) is 0.691. The fourth-order valence-electron chi connectivity index (χ4n) is 7.82. The summed E-state index contributed by atoms with van der Waals surface area (Å²) in [5.41, 5.74) is 4.89. The Morgan fingerprint density at radius 3 is 1.50 bits per heavy atom. The highest BCUT2D eigenvalue weighted by atomic mass is 31.2. The Morgan fingerprint density at radius 1 is 0.420 bits per heavy atom. The molecule has 0 aliphatic carbocycles. The maximum Gasteiger partial charge on any atom is 0.171 e. The normalized spacial score (nSPS) is 12.1. The standard InChI is InChI=1S/C46H29N2OP/c49-50(33-18-6-2-7-19-33,34-20-8-3-9-21-34)42-29-39(43-35-22-12-10-16-31(35)28-32-17-11-13-23-36(32)43)37-24-26-40-45-41(27-25-38(42)44(37)45)48-46(47-40)30-14-4-1-5-15-30/h1-29H. The van der Waals surface area contributed by atoms with E-state index in [1.165, 1.54) is 10.8 Å². The first kappa shape index (κ1) is 28.8. The number of hydrogen-bond donors (Lipinski definition) is 0. The molecule has 4 heteroatoms. The van der Waals surface area contributed by atoms with Gasteiger partial charge in [0.2, 0.25) is 0 Å². The van der Waals surface area contributed by atoms with Crippen molar-refractivity contribution in [2.75, 3.05) is 0 Å². The van der Waals surface area contributed by atoms with Gasteiger partial charge in [-0.05, 0) is 67.7 Å². The summed E-state index contributed by atoms with van der Waals surface area (Å²) >= 11 is 0. The van der Waals surface area contributed by atoms with Crippen molar-refractivity contribution in [3.8, 4) is 22.5 Å². The lowest BCUT2D eigenvalue weighted by Gasteiger charge is -2.25. The minimum absolute atomic E-state index is 0.691. The maximum atomic E-state index is 16.3. The molecule has 9 aromatic carbocycles. The second-order valence-corrected chi connectivity index (χ2v) is 15.6. The Balaban J connectivity index is 1.42. The average Bonchev–Trinajstić information content (AvgIpc) is 3.19. The molecule has 0 N–H and O–H groups in total. The van der Waals surface area contributed by atoms with Crippen LogP contribution in [-0.2, 0) is 4.57 Å². The van der Waals surface area contributed by atoms with Crippen molar-refractivity contribution in [2.24, 2.45) is 0 Å². The minimum Gasteiger partial charge on any atom is -0.309 e. The largest absolute Gasteiger partial charge is 0.309 e. The molecule has 0 saturated heterocycles. The second kappa shape index (κ2) is 11.2. The third-order valence-electron chi connectivity index (χ3n) is 10.1. The molecular weight excluding hydrogens is 627 g/mol. The highest BCUT2D eigenvalue weighted by Crippen LogP contribution is 2.50. The molecule has 0 radical (unpaired) electrons. The van der Waals surface area contributed by atoms with E-state index in [0.29, 0.717) is 5.82 Å². The van der Waals surface area contributed by atoms with Crippen LogP contribution in [0.5, 0.6) is 0 Å². The van der Waals surface area contributed by atoms with E-state index in [1.807, 2.05) is 91.0 Å². The summed E-state index contributed by atoms with van der Waals surface area (Å²) in [4.78, 5) is 10.3. The summed E-state index contributed by atoms with van der Waals surface area (Å²) in [6.07, 6.45) is 0. The molecule has 234 valence electrons. The summed E-state index contributed by atoms with van der Waals surface area (Å²) < 4.78 is 16.3. The van der Waals surface area contributed by atoms with Crippen molar-refractivity contribution in [1.82, 2.24) is 9.97 Å². The van der Waals surface area contributed by atoms with Gasteiger partial charge >= 0.3 is 0 Å². The molecular formula is C46H29N2OP. The molecule has 0 aliphatic heterocycles. The zero-order chi connectivity index (χ0) is 33.2. The highest BCUT2D eigenvalue weighted by molar-refractivity contribution is 7.85. The monoisotopic (exact) mass is 656 g/mol. The first-order valence-corrected chi connectivity index (χ1v) is 18.6. The summed E-state index contributed by atoms with van der Waals surface area (Å²) in [7, 11) is -3.40. The molecule has 0 fully saturated rings. The Bertz CT molecular complexity index is 2830. The molecule has 1 heterocycles. The molecule has 0 amide bonds. The van der Waals surface area contributed by atoms with Crippen molar-refractivity contribution < 1.29 is 4.57 Å². The summed E-state index contributed by atoms with van der Waals surface area (Å²) in [6.45, 7) is 0. The molecule has 0 saturated carbocycles. The van der Waals surface area contributed by atoms with Crippen LogP contribution >= 0.6 is 7.14 Å². The lowest BCUT2D eigenvalue weighted by Crippen LogP contribution is -2.26. The molecule has 0 bridgehead atoms. The SMILES string of the molecule is O=P(c1ccccc1)(c1ccccc1)c1cc(-c2c3ccccc3cc3ccccc23)c2ccc3nc(-c4ccccc4)nc4ccc1c2c34. The summed E-state index contributed by atoms with van der Waals surface area (Å²) in [5, 5.41) is 11.1. The fourth-order valence-corrected chi connectivity index (χ4v) is 10.7. The van der Waals surface area contributed by atoms with Crippen LogP contribution < -0.4 is 15.9 Å². The third kappa shape index (κ3) is 4.27. The minimum atomic E-state index is -3.40. The average molecular weight is 657 g/mol. The van der Waals surface area contributed by atoms with Crippen LogP contribution in [0, 0.1) is 0 Å². The van der Waals surface area contributed by atoms with Gasteiger partial charge < -0.3 is 4.57 Å². The van der Waals surface area contributed by atoms with E-state index >= 15 is 4.57 Å².